The van der Waals surface area contributed by atoms with Crippen molar-refractivity contribution in [3.8, 4) is 11.5 Å². The summed E-state index contributed by atoms with van der Waals surface area (Å²) in [5.74, 6) is 1.23. The lowest BCUT2D eigenvalue weighted by Crippen LogP contribution is -2.24. The van der Waals surface area contributed by atoms with Crippen LogP contribution in [0, 0.1) is 0 Å². The fraction of sp³-hybridized carbons (Fsp3) is 0.467. The maximum Gasteiger partial charge on any atom is 0.257 e. The molecule has 2 heterocycles. The van der Waals surface area contributed by atoms with Crippen LogP contribution in [0.4, 0.5) is 5.69 Å². The molecule has 1 aliphatic heterocycles. The zero-order valence-electron chi connectivity index (χ0n) is 13.6. The molecule has 132 valence electrons. The number of nitrogens with one attached hydrogen (secondary N) is 1. The molecule has 1 fully saturated rings. The van der Waals surface area contributed by atoms with E-state index in [9.17, 15) is 8.42 Å². The molecule has 1 aromatic heterocycles. The van der Waals surface area contributed by atoms with Gasteiger partial charge in [0.1, 0.15) is 0 Å². The van der Waals surface area contributed by atoms with Gasteiger partial charge in [-0.15, -0.1) is 12.4 Å². The minimum Gasteiger partial charge on any atom is -0.334 e. The number of benzene rings is 1. The number of rotatable bonds is 5. The minimum atomic E-state index is -3.19. The van der Waals surface area contributed by atoms with Crippen molar-refractivity contribution in [2.45, 2.75) is 25.8 Å². The Hall–Kier alpha value is -1.64. The van der Waals surface area contributed by atoms with E-state index in [-0.39, 0.29) is 24.2 Å². The Bertz CT molecular complexity index is 794. The van der Waals surface area contributed by atoms with Gasteiger partial charge in [-0.1, -0.05) is 11.2 Å². The van der Waals surface area contributed by atoms with Crippen LogP contribution in [0.15, 0.2) is 28.8 Å². The third-order valence-corrected chi connectivity index (χ3v) is 5.80. The monoisotopic (exact) mass is 372 g/mol. The summed E-state index contributed by atoms with van der Waals surface area (Å²) in [7, 11) is -1.31. The van der Waals surface area contributed by atoms with Crippen LogP contribution < -0.4 is 9.62 Å². The third kappa shape index (κ3) is 3.88. The molecule has 0 aliphatic carbocycles. The highest BCUT2D eigenvalue weighted by Gasteiger charge is 2.28. The first kappa shape index (κ1) is 18.7. The Morgan fingerprint density at radius 3 is 2.88 bits per heavy atom. The fourth-order valence-corrected chi connectivity index (χ4v) is 4.11. The molecule has 0 amide bonds. The van der Waals surface area contributed by atoms with E-state index in [1.807, 2.05) is 20.0 Å². The van der Waals surface area contributed by atoms with Crippen LogP contribution >= 0.6 is 12.4 Å². The molecule has 1 saturated heterocycles. The standard InChI is InChI=1S/C15H20N4O3S.ClH/c1-11(16-2)9-14-17-15(22-18-14)12-5-3-6-13(10-12)19-7-4-8-23(19,20)21;/h3,5-6,10-11,16H,4,7-9H2,1-2H3;1H. The van der Waals surface area contributed by atoms with Gasteiger partial charge in [0, 0.05) is 24.6 Å². The molecule has 1 aromatic carbocycles. The number of nitrogens with zero attached hydrogens (tertiary/aromatic N) is 3. The molecule has 1 atom stereocenters. The van der Waals surface area contributed by atoms with E-state index < -0.39 is 10.0 Å². The maximum absolute atomic E-state index is 12.0. The summed E-state index contributed by atoms with van der Waals surface area (Å²) < 4.78 is 30.8. The van der Waals surface area contributed by atoms with Crippen molar-refractivity contribution in [1.82, 2.24) is 15.5 Å². The molecular weight excluding hydrogens is 352 g/mol. The largest absolute Gasteiger partial charge is 0.334 e. The summed E-state index contributed by atoms with van der Waals surface area (Å²) in [5.41, 5.74) is 1.36. The van der Waals surface area contributed by atoms with Crippen molar-refractivity contribution < 1.29 is 12.9 Å². The smallest absolute Gasteiger partial charge is 0.257 e. The van der Waals surface area contributed by atoms with E-state index in [4.69, 9.17) is 4.52 Å². The molecule has 1 aliphatic rings. The highest BCUT2D eigenvalue weighted by atomic mass is 35.5. The van der Waals surface area contributed by atoms with Crippen LogP contribution in [0.5, 0.6) is 0 Å². The second-order valence-electron chi connectivity index (χ2n) is 5.70. The molecule has 0 radical (unpaired) electrons. The van der Waals surface area contributed by atoms with Gasteiger partial charge in [-0.3, -0.25) is 4.31 Å². The van der Waals surface area contributed by atoms with Gasteiger partial charge in [-0.2, -0.15) is 4.98 Å². The summed E-state index contributed by atoms with van der Waals surface area (Å²) >= 11 is 0. The molecule has 2 aromatic rings. The second-order valence-corrected chi connectivity index (χ2v) is 7.71. The molecule has 9 heteroatoms. The zero-order valence-corrected chi connectivity index (χ0v) is 15.2. The molecule has 3 rings (SSSR count). The predicted molar refractivity (Wildman–Crippen MR) is 95.0 cm³/mol. The van der Waals surface area contributed by atoms with Crippen LogP contribution in [0.25, 0.3) is 11.5 Å². The average molecular weight is 373 g/mol. The lowest BCUT2D eigenvalue weighted by atomic mass is 10.2. The van der Waals surface area contributed by atoms with Gasteiger partial charge in [-0.05, 0) is 38.6 Å². The van der Waals surface area contributed by atoms with E-state index in [1.165, 1.54) is 4.31 Å². The van der Waals surface area contributed by atoms with Gasteiger partial charge in [-0.25, -0.2) is 8.42 Å². The van der Waals surface area contributed by atoms with Gasteiger partial charge in [0.25, 0.3) is 5.89 Å². The van der Waals surface area contributed by atoms with E-state index in [1.54, 1.807) is 18.2 Å². The van der Waals surface area contributed by atoms with Crippen LogP contribution in [0.3, 0.4) is 0 Å². The Labute approximate surface area is 147 Å². The van der Waals surface area contributed by atoms with Crippen molar-refractivity contribution in [1.29, 1.82) is 0 Å². The summed E-state index contributed by atoms with van der Waals surface area (Å²) in [5, 5.41) is 7.10. The number of hydrogen-bond donors (Lipinski definition) is 1. The lowest BCUT2D eigenvalue weighted by Gasteiger charge is -2.17. The van der Waals surface area contributed by atoms with Gasteiger partial charge in [0.05, 0.1) is 11.4 Å². The van der Waals surface area contributed by atoms with E-state index in [0.29, 0.717) is 36.8 Å². The Balaban J connectivity index is 0.00000208. The Kier molecular flexibility index (Phi) is 5.84. The molecule has 1 N–H and O–H groups in total. The van der Waals surface area contributed by atoms with E-state index >= 15 is 0 Å². The van der Waals surface area contributed by atoms with Gasteiger partial charge >= 0.3 is 0 Å². The lowest BCUT2D eigenvalue weighted by molar-refractivity contribution is 0.418. The SMILES string of the molecule is CNC(C)Cc1noc(-c2cccc(N3CCCS3(=O)=O)c2)n1.Cl. The second kappa shape index (κ2) is 7.50. The molecule has 7 nitrogen and oxygen atoms in total. The van der Waals surface area contributed by atoms with Crippen molar-refractivity contribution in [2.75, 3.05) is 23.7 Å². The molecule has 24 heavy (non-hydrogen) atoms. The highest BCUT2D eigenvalue weighted by Crippen LogP contribution is 2.28. The van der Waals surface area contributed by atoms with Crippen LogP contribution in [-0.2, 0) is 16.4 Å². The van der Waals surface area contributed by atoms with Crippen LogP contribution in [-0.4, -0.2) is 43.9 Å². The van der Waals surface area contributed by atoms with Gasteiger partial charge in [0.2, 0.25) is 10.0 Å². The summed E-state index contributed by atoms with van der Waals surface area (Å²) in [6.07, 6.45) is 1.32. The number of likely N-dealkylation sites (N-methyl/N-ethyl adjacent to an activating group) is 1. The number of aromatic nitrogens is 2. The Morgan fingerprint density at radius 2 is 2.21 bits per heavy atom. The maximum atomic E-state index is 12.0. The van der Waals surface area contributed by atoms with Crippen molar-refractivity contribution in [3.05, 3.63) is 30.1 Å². The summed E-state index contributed by atoms with van der Waals surface area (Å²) in [6, 6.07) is 7.46. The fourth-order valence-electron chi connectivity index (χ4n) is 2.55. The Morgan fingerprint density at radius 1 is 1.42 bits per heavy atom. The van der Waals surface area contributed by atoms with E-state index in [0.717, 1.165) is 5.56 Å². The number of halogens is 1. The van der Waals surface area contributed by atoms with Gasteiger partial charge in [0.15, 0.2) is 5.82 Å². The van der Waals surface area contributed by atoms with Crippen molar-refractivity contribution in [3.63, 3.8) is 0 Å². The predicted octanol–water partition coefficient (Wildman–Crippen LogP) is 1.85. The first-order chi connectivity index (χ1) is 11.0. The third-order valence-electron chi connectivity index (χ3n) is 3.93. The summed E-state index contributed by atoms with van der Waals surface area (Å²) in [6.45, 7) is 2.55. The van der Waals surface area contributed by atoms with Crippen LogP contribution in [0.2, 0.25) is 0 Å². The van der Waals surface area contributed by atoms with E-state index in [2.05, 4.69) is 15.5 Å². The number of anilines is 1. The number of sulfonamides is 1. The quantitative estimate of drug-likeness (QED) is 0.861. The molecule has 0 saturated carbocycles. The normalized spacial score (nSPS) is 17.5. The molecular formula is C15H21ClN4O3S. The molecule has 0 spiro atoms. The van der Waals surface area contributed by atoms with Crippen LogP contribution in [0.1, 0.15) is 19.2 Å². The molecule has 0 bridgehead atoms. The van der Waals surface area contributed by atoms with Crippen molar-refractivity contribution in [2.24, 2.45) is 0 Å². The summed E-state index contributed by atoms with van der Waals surface area (Å²) in [4.78, 5) is 4.39. The number of hydrogen-bond acceptors (Lipinski definition) is 6. The van der Waals surface area contributed by atoms with Crippen molar-refractivity contribution >= 4 is 28.1 Å². The first-order valence-corrected chi connectivity index (χ1v) is 9.21. The minimum absolute atomic E-state index is 0. The zero-order chi connectivity index (χ0) is 16.4. The topological polar surface area (TPSA) is 88.3 Å². The first-order valence-electron chi connectivity index (χ1n) is 7.60. The van der Waals surface area contributed by atoms with Gasteiger partial charge < -0.3 is 9.84 Å². The molecule has 1 unspecified atom stereocenters. The average Bonchev–Trinajstić information content (AvgIpc) is 3.13. The highest BCUT2D eigenvalue weighted by molar-refractivity contribution is 7.93.